The molecule has 6 nitrogen and oxygen atoms in total. The molecule has 1 aromatic heterocycles. The lowest BCUT2D eigenvalue weighted by Gasteiger charge is -2.17. The molecule has 1 aliphatic rings. The second kappa shape index (κ2) is 5.00. The van der Waals surface area contributed by atoms with Crippen molar-refractivity contribution in [2.75, 3.05) is 26.1 Å². The molecule has 19 heavy (non-hydrogen) atoms. The van der Waals surface area contributed by atoms with Crippen LogP contribution < -0.4 is 9.47 Å². The van der Waals surface area contributed by atoms with Gasteiger partial charge in [-0.2, -0.15) is 0 Å². The van der Waals surface area contributed by atoms with Crippen molar-refractivity contribution in [3.8, 4) is 11.5 Å². The number of thioether (sulfide) groups is 1. The SMILES string of the molecule is COC(=O)CSc1nc2cc3c(cc2[nH]1)OCCO3. The first kappa shape index (κ1) is 12.2. The molecule has 0 atom stereocenters. The van der Waals surface area contributed by atoms with Crippen molar-refractivity contribution in [3.63, 3.8) is 0 Å². The summed E-state index contributed by atoms with van der Waals surface area (Å²) >= 11 is 1.30. The van der Waals surface area contributed by atoms with E-state index in [1.54, 1.807) is 0 Å². The second-order valence-corrected chi connectivity index (χ2v) is 4.88. The molecule has 1 aromatic carbocycles. The maximum absolute atomic E-state index is 11.1. The lowest BCUT2D eigenvalue weighted by Crippen LogP contribution is -2.15. The van der Waals surface area contributed by atoms with Crippen molar-refractivity contribution < 1.29 is 19.0 Å². The summed E-state index contributed by atoms with van der Waals surface area (Å²) in [5.41, 5.74) is 1.65. The van der Waals surface area contributed by atoms with Gasteiger partial charge in [0.2, 0.25) is 0 Å². The Labute approximate surface area is 113 Å². The van der Waals surface area contributed by atoms with Gasteiger partial charge in [-0.05, 0) is 0 Å². The van der Waals surface area contributed by atoms with Gasteiger partial charge >= 0.3 is 5.97 Å². The summed E-state index contributed by atoms with van der Waals surface area (Å²) in [5.74, 6) is 1.36. The molecule has 3 rings (SSSR count). The van der Waals surface area contributed by atoms with Gasteiger partial charge in [0.05, 0.1) is 23.9 Å². The van der Waals surface area contributed by atoms with Crippen LogP contribution in [0.3, 0.4) is 0 Å². The van der Waals surface area contributed by atoms with Gasteiger partial charge in [0, 0.05) is 12.1 Å². The minimum atomic E-state index is -0.281. The maximum Gasteiger partial charge on any atom is 0.316 e. The van der Waals surface area contributed by atoms with E-state index < -0.39 is 0 Å². The highest BCUT2D eigenvalue weighted by atomic mass is 32.2. The highest BCUT2D eigenvalue weighted by molar-refractivity contribution is 7.99. The van der Waals surface area contributed by atoms with Gasteiger partial charge in [0.25, 0.3) is 0 Å². The Hall–Kier alpha value is -1.89. The lowest BCUT2D eigenvalue weighted by molar-refractivity contribution is -0.137. The molecule has 0 saturated heterocycles. The van der Waals surface area contributed by atoms with Crippen LogP contribution in [0.4, 0.5) is 0 Å². The van der Waals surface area contributed by atoms with Gasteiger partial charge < -0.3 is 19.2 Å². The number of carbonyl (C=O) groups excluding carboxylic acids is 1. The zero-order valence-electron chi connectivity index (χ0n) is 10.3. The standard InChI is InChI=1S/C12H12N2O4S/c1-16-11(15)6-19-12-13-7-4-9-10(5-8(7)14-12)18-3-2-17-9/h4-5H,2-3,6H2,1H3,(H,13,14). The number of hydrogen-bond acceptors (Lipinski definition) is 6. The average Bonchev–Trinajstić information content (AvgIpc) is 2.83. The maximum atomic E-state index is 11.1. The van der Waals surface area contributed by atoms with E-state index >= 15 is 0 Å². The molecule has 0 radical (unpaired) electrons. The van der Waals surface area contributed by atoms with Crippen molar-refractivity contribution in [1.82, 2.24) is 9.97 Å². The molecule has 1 N–H and O–H groups in total. The zero-order valence-corrected chi connectivity index (χ0v) is 11.1. The number of imidazole rings is 1. The summed E-state index contributed by atoms with van der Waals surface area (Å²) in [7, 11) is 1.37. The normalized spacial score (nSPS) is 13.5. The fourth-order valence-electron chi connectivity index (χ4n) is 1.78. The Balaban J connectivity index is 1.86. The largest absolute Gasteiger partial charge is 0.486 e. The monoisotopic (exact) mass is 280 g/mol. The molecule has 0 fully saturated rings. The third-order valence-electron chi connectivity index (χ3n) is 2.68. The molecular weight excluding hydrogens is 268 g/mol. The number of methoxy groups -OCH3 is 1. The molecule has 7 heteroatoms. The molecule has 0 spiro atoms. The summed E-state index contributed by atoms with van der Waals surface area (Å²) in [6.45, 7) is 1.10. The van der Waals surface area contributed by atoms with Crippen molar-refractivity contribution in [1.29, 1.82) is 0 Å². The van der Waals surface area contributed by atoms with Crippen LogP contribution in [0.15, 0.2) is 17.3 Å². The molecule has 0 aliphatic carbocycles. The number of aromatic amines is 1. The fourth-order valence-corrected chi connectivity index (χ4v) is 2.50. The van der Waals surface area contributed by atoms with Crippen LogP contribution in [-0.4, -0.2) is 42.0 Å². The van der Waals surface area contributed by atoms with Crippen LogP contribution in [0.1, 0.15) is 0 Å². The second-order valence-electron chi connectivity index (χ2n) is 3.92. The van der Waals surface area contributed by atoms with E-state index in [0.29, 0.717) is 29.9 Å². The topological polar surface area (TPSA) is 73.4 Å². The van der Waals surface area contributed by atoms with E-state index in [0.717, 1.165) is 11.0 Å². The minimum absolute atomic E-state index is 0.225. The molecule has 1 aliphatic heterocycles. The van der Waals surface area contributed by atoms with E-state index in [1.165, 1.54) is 18.9 Å². The lowest BCUT2D eigenvalue weighted by atomic mass is 10.2. The molecule has 2 heterocycles. The van der Waals surface area contributed by atoms with Crippen LogP contribution in [0, 0.1) is 0 Å². The minimum Gasteiger partial charge on any atom is -0.486 e. The van der Waals surface area contributed by atoms with E-state index in [2.05, 4.69) is 14.7 Å². The Morgan fingerprint density at radius 3 is 2.89 bits per heavy atom. The third-order valence-corrected chi connectivity index (χ3v) is 3.53. The van der Waals surface area contributed by atoms with Crippen LogP contribution in [0.5, 0.6) is 11.5 Å². The molecule has 0 amide bonds. The van der Waals surface area contributed by atoms with Crippen molar-refractivity contribution in [2.24, 2.45) is 0 Å². The Morgan fingerprint density at radius 2 is 2.16 bits per heavy atom. The Bertz CT molecular complexity index is 582. The highest BCUT2D eigenvalue weighted by Crippen LogP contribution is 2.34. The van der Waals surface area contributed by atoms with E-state index in [1.807, 2.05) is 12.1 Å². The first-order valence-electron chi connectivity index (χ1n) is 5.75. The van der Waals surface area contributed by atoms with Crippen molar-refractivity contribution in [3.05, 3.63) is 12.1 Å². The number of carbonyl (C=O) groups is 1. The Kier molecular flexibility index (Phi) is 3.20. The first-order valence-corrected chi connectivity index (χ1v) is 6.74. The van der Waals surface area contributed by atoms with Gasteiger partial charge in [-0.15, -0.1) is 0 Å². The number of fused-ring (bicyclic) bond motifs is 2. The number of hydrogen-bond donors (Lipinski definition) is 1. The van der Waals surface area contributed by atoms with Gasteiger partial charge in [-0.25, -0.2) is 4.98 Å². The van der Waals surface area contributed by atoms with Gasteiger partial charge in [0.15, 0.2) is 16.7 Å². The summed E-state index contributed by atoms with van der Waals surface area (Å²) in [5, 5.41) is 0.669. The third kappa shape index (κ3) is 2.46. The number of esters is 1. The fraction of sp³-hybridized carbons (Fsp3) is 0.333. The van der Waals surface area contributed by atoms with Crippen LogP contribution in [-0.2, 0) is 9.53 Å². The molecule has 2 aromatic rings. The van der Waals surface area contributed by atoms with Crippen molar-refractivity contribution in [2.45, 2.75) is 5.16 Å². The van der Waals surface area contributed by atoms with Gasteiger partial charge in [-0.1, -0.05) is 11.8 Å². The first-order chi connectivity index (χ1) is 9.26. The van der Waals surface area contributed by atoms with Crippen LogP contribution in [0.2, 0.25) is 0 Å². The predicted octanol–water partition coefficient (Wildman–Crippen LogP) is 1.60. The average molecular weight is 280 g/mol. The van der Waals surface area contributed by atoms with E-state index in [9.17, 15) is 4.79 Å². The Morgan fingerprint density at radius 1 is 1.42 bits per heavy atom. The summed E-state index contributed by atoms with van der Waals surface area (Å²) in [6.07, 6.45) is 0. The van der Waals surface area contributed by atoms with E-state index in [4.69, 9.17) is 9.47 Å². The molecule has 100 valence electrons. The van der Waals surface area contributed by atoms with Crippen LogP contribution in [0.25, 0.3) is 11.0 Å². The molecule has 0 saturated carbocycles. The van der Waals surface area contributed by atoms with Crippen molar-refractivity contribution >= 4 is 28.8 Å². The molecule has 0 unspecified atom stereocenters. The predicted molar refractivity (Wildman–Crippen MR) is 69.8 cm³/mol. The van der Waals surface area contributed by atoms with Crippen LogP contribution >= 0.6 is 11.8 Å². The summed E-state index contributed by atoms with van der Waals surface area (Å²) < 4.78 is 15.6. The zero-order chi connectivity index (χ0) is 13.2. The quantitative estimate of drug-likeness (QED) is 0.680. The molecule has 0 bridgehead atoms. The smallest absolute Gasteiger partial charge is 0.316 e. The molecular formula is C12H12N2O4S. The van der Waals surface area contributed by atoms with Gasteiger partial charge in [0.1, 0.15) is 13.2 Å². The number of rotatable bonds is 3. The number of H-pyrrole nitrogens is 1. The number of nitrogens with zero attached hydrogens (tertiary/aromatic N) is 1. The number of benzene rings is 1. The number of nitrogens with one attached hydrogen (secondary N) is 1. The summed E-state index contributed by atoms with van der Waals surface area (Å²) in [6, 6.07) is 3.70. The van der Waals surface area contributed by atoms with E-state index in [-0.39, 0.29) is 11.7 Å². The van der Waals surface area contributed by atoms with Gasteiger partial charge in [-0.3, -0.25) is 4.79 Å². The summed E-state index contributed by atoms with van der Waals surface area (Å²) in [4.78, 5) is 18.6. The number of ether oxygens (including phenoxy) is 3. The number of aromatic nitrogens is 2. The highest BCUT2D eigenvalue weighted by Gasteiger charge is 2.15.